The molecule has 1 aliphatic rings. The van der Waals surface area contributed by atoms with Crippen LogP contribution in [0.15, 0.2) is 48.5 Å². The highest BCUT2D eigenvalue weighted by Gasteiger charge is 2.39. The molecule has 1 fully saturated rings. The zero-order chi connectivity index (χ0) is 24.2. The van der Waals surface area contributed by atoms with Gasteiger partial charge in [0.2, 0.25) is 0 Å². The Morgan fingerprint density at radius 1 is 1.11 bits per heavy atom. The molecule has 1 unspecified atom stereocenters. The van der Waals surface area contributed by atoms with E-state index in [1.807, 2.05) is 39.8 Å². The number of piperazine rings is 1. The number of ether oxygens (including phenoxy) is 1. The second kappa shape index (κ2) is 13.2. The number of aliphatic hydroxyl groups is 1. The van der Waals surface area contributed by atoms with Gasteiger partial charge in [-0.25, -0.2) is 9.18 Å². The summed E-state index contributed by atoms with van der Waals surface area (Å²) in [6.07, 6.45) is 0.106. The Hall–Kier alpha value is -2.25. The Morgan fingerprint density at radius 2 is 1.66 bits per heavy atom. The number of nitriles is 1. The molecular formula is C26H36FN3O3S2. The standard InChI is InChI=1S/C26H32FN3O3.2H2S/c1-18-16-30(23(13-14-31)17-29(18)25(32)33-26(2,3)4)24(21-9-11-22(27)12-10-21)20-7-5-19(15-28)6-8-20;;/h5-12,18,23-24,31H,13-14,16-17H2,1-4H3;2*1H2/t18-,23+,24?;;/m0../s1. The summed E-state index contributed by atoms with van der Waals surface area (Å²) in [6, 6.07) is 15.4. The van der Waals surface area contributed by atoms with E-state index in [0.29, 0.717) is 25.1 Å². The maximum absolute atomic E-state index is 13.7. The second-order valence-electron chi connectivity index (χ2n) is 9.53. The lowest BCUT2D eigenvalue weighted by atomic mass is 9.92. The van der Waals surface area contributed by atoms with E-state index in [1.165, 1.54) is 12.1 Å². The van der Waals surface area contributed by atoms with Crippen molar-refractivity contribution >= 4 is 33.1 Å². The minimum absolute atomic E-state index is 0. The summed E-state index contributed by atoms with van der Waals surface area (Å²) < 4.78 is 19.3. The van der Waals surface area contributed by atoms with Gasteiger partial charge < -0.3 is 14.7 Å². The molecule has 1 saturated heterocycles. The SMILES string of the molecule is C[C@H]1CN(C(c2ccc(F)cc2)c2ccc(C#N)cc2)[C@H](CCO)CN1C(=O)OC(C)(C)C.S.S. The van der Waals surface area contributed by atoms with E-state index >= 15 is 0 Å². The summed E-state index contributed by atoms with van der Waals surface area (Å²) in [6.45, 7) is 8.43. The molecular weight excluding hydrogens is 485 g/mol. The van der Waals surface area contributed by atoms with E-state index in [9.17, 15) is 19.6 Å². The monoisotopic (exact) mass is 521 g/mol. The first-order valence-electron chi connectivity index (χ1n) is 11.2. The van der Waals surface area contributed by atoms with Crippen LogP contribution in [0.25, 0.3) is 0 Å². The second-order valence-corrected chi connectivity index (χ2v) is 9.53. The average molecular weight is 522 g/mol. The number of hydrogen-bond donors (Lipinski definition) is 1. The van der Waals surface area contributed by atoms with Crippen molar-refractivity contribution < 1.29 is 19.0 Å². The molecule has 0 aromatic heterocycles. The number of aliphatic hydroxyl groups excluding tert-OH is 1. The molecule has 9 heteroatoms. The average Bonchev–Trinajstić information content (AvgIpc) is 2.76. The fourth-order valence-corrected chi connectivity index (χ4v) is 4.32. The van der Waals surface area contributed by atoms with Gasteiger partial charge in [-0.3, -0.25) is 4.90 Å². The summed E-state index contributed by atoms with van der Waals surface area (Å²) in [7, 11) is 0. The van der Waals surface area contributed by atoms with Gasteiger partial charge in [0, 0.05) is 31.8 Å². The van der Waals surface area contributed by atoms with Crippen LogP contribution in [0.3, 0.4) is 0 Å². The number of carbonyl (C=O) groups excluding carboxylic acids is 1. The smallest absolute Gasteiger partial charge is 0.410 e. The highest BCUT2D eigenvalue weighted by molar-refractivity contribution is 7.59. The largest absolute Gasteiger partial charge is 0.444 e. The molecule has 0 spiro atoms. The topological polar surface area (TPSA) is 76.8 Å². The molecule has 0 radical (unpaired) electrons. The molecule has 192 valence electrons. The lowest BCUT2D eigenvalue weighted by molar-refractivity contribution is -0.0236. The van der Waals surface area contributed by atoms with Crippen LogP contribution in [0, 0.1) is 17.1 Å². The Balaban J connectivity index is 0.00000306. The van der Waals surface area contributed by atoms with Crippen LogP contribution in [0.5, 0.6) is 0 Å². The maximum atomic E-state index is 13.7. The highest BCUT2D eigenvalue weighted by atomic mass is 32.1. The van der Waals surface area contributed by atoms with Crippen molar-refractivity contribution in [2.24, 2.45) is 0 Å². The minimum Gasteiger partial charge on any atom is -0.444 e. The van der Waals surface area contributed by atoms with Crippen molar-refractivity contribution in [2.75, 3.05) is 19.7 Å². The first kappa shape index (κ1) is 30.8. The molecule has 3 atom stereocenters. The molecule has 1 aliphatic heterocycles. The normalized spacial score (nSPS) is 19.1. The van der Waals surface area contributed by atoms with Gasteiger partial charge in [-0.1, -0.05) is 24.3 Å². The molecule has 0 aliphatic carbocycles. The van der Waals surface area contributed by atoms with Gasteiger partial charge in [-0.2, -0.15) is 32.3 Å². The maximum Gasteiger partial charge on any atom is 0.410 e. The number of hydrogen-bond acceptors (Lipinski definition) is 5. The van der Waals surface area contributed by atoms with Crippen molar-refractivity contribution in [2.45, 2.75) is 57.8 Å². The zero-order valence-corrected chi connectivity index (χ0v) is 22.7. The number of rotatable bonds is 5. The van der Waals surface area contributed by atoms with Crippen molar-refractivity contribution in [1.82, 2.24) is 9.80 Å². The Morgan fingerprint density at radius 3 is 2.14 bits per heavy atom. The molecule has 1 N–H and O–H groups in total. The molecule has 2 aromatic carbocycles. The molecule has 2 aromatic rings. The lowest BCUT2D eigenvalue weighted by Crippen LogP contribution is -2.60. The van der Waals surface area contributed by atoms with Crippen LogP contribution < -0.4 is 0 Å². The Labute approximate surface area is 221 Å². The molecule has 1 heterocycles. The van der Waals surface area contributed by atoms with Gasteiger partial charge in [0.15, 0.2) is 0 Å². The number of benzene rings is 2. The molecule has 6 nitrogen and oxygen atoms in total. The van der Waals surface area contributed by atoms with Gasteiger partial charge in [-0.15, -0.1) is 0 Å². The van der Waals surface area contributed by atoms with Crippen LogP contribution >= 0.6 is 27.0 Å². The van der Waals surface area contributed by atoms with Crippen LogP contribution in [-0.2, 0) is 4.74 Å². The van der Waals surface area contributed by atoms with E-state index in [4.69, 9.17) is 4.74 Å². The van der Waals surface area contributed by atoms with E-state index < -0.39 is 5.60 Å². The van der Waals surface area contributed by atoms with Crippen molar-refractivity contribution in [3.63, 3.8) is 0 Å². The molecule has 0 saturated carbocycles. The minimum atomic E-state index is -0.598. The van der Waals surface area contributed by atoms with Gasteiger partial charge in [0.25, 0.3) is 0 Å². The third-order valence-electron chi connectivity index (χ3n) is 5.85. The van der Waals surface area contributed by atoms with Crippen LogP contribution in [0.4, 0.5) is 9.18 Å². The quantitative estimate of drug-likeness (QED) is 0.617. The number of halogens is 1. The predicted octanol–water partition coefficient (Wildman–Crippen LogP) is 4.70. The Kier molecular flexibility index (Phi) is 11.6. The fourth-order valence-electron chi connectivity index (χ4n) is 4.32. The van der Waals surface area contributed by atoms with E-state index in [-0.39, 0.29) is 63.6 Å². The van der Waals surface area contributed by atoms with Crippen molar-refractivity contribution in [3.05, 3.63) is 71.0 Å². The number of carbonyl (C=O) groups is 1. The summed E-state index contributed by atoms with van der Waals surface area (Å²) in [5.41, 5.74) is 1.83. The van der Waals surface area contributed by atoms with Gasteiger partial charge in [0.05, 0.1) is 17.7 Å². The molecule has 35 heavy (non-hydrogen) atoms. The third kappa shape index (κ3) is 7.87. The van der Waals surface area contributed by atoms with Gasteiger partial charge in [0.1, 0.15) is 11.4 Å². The number of amides is 1. The predicted molar refractivity (Wildman–Crippen MR) is 145 cm³/mol. The van der Waals surface area contributed by atoms with Crippen LogP contribution in [0.1, 0.15) is 56.8 Å². The van der Waals surface area contributed by atoms with E-state index in [2.05, 4.69) is 11.0 Å². The molecule has 1 amide bonds. The van der Waals surface area contributed by atoms with Crippen LogP contribution in [-0.4, -0.2) is 58.4 Å². The first-order chi connectivity index (χ1) is 15.6. The summed E-state index contributed by atoms with van der Waals surface area (Å²) in [5, 5.41) is 19.0. The van der Waals surface area contributed by atoms with Crippen molar-refractivity contribution in [3.8, 4) is 6.07 Å². The zero-order valence-electron chi connectivity index (χ0n) is 20.7. The number of nitrogens with zero attached hydrogens (tertiary/aromatic N) is 3. The lowest BCUT2D eigenvalue weighted by Gasteiger charge is -2.48. The summed E-state index contributed by atoms with van der Waals surface area (Å²) >= 11 is 0. The van der Waals surface area contributed by atoms with Crippen LogP contribution in [0.2, 0.25) is 0 Å². The molecule has 0 bridgehead atoms. The Bertz CT molecular complexity index is 991. The highest BCUT2D eigenvalue weighted by Crippen LogP contribution is 2.35. The van der Waals surface area contributed by atoms with Gasteiger partial charge in [-0.05, 0) is 69.5 Å². The van der Waals surface area contributed by atoms with E-state index in [0.717, 1.165) is 11.1 Å². The van der Waals surface area contributed by atoms with Crippen molar-refractivity contribution in [1.29, 1.82) is 5.26 Å². The van der Waals surface area contributed by atoms with E-state index in [1.54, 1.807) is 29.2 Å². The molecule has 3 rings (SSSR count). The fraction of sp³-hybridized carbons (Fsp3) is 0.462. The first-order valence-corrected chi connectivity index (χ1v) is 11.2. The summed E-state index contributed by atoms with van der Waals surface area (Å²) in [5.74, 6) is -0.313. The third-order valence-corrected chi connectivity index (χ3v) is 5.85. The van der Waals surface area contributed by atoms with Gasteiger partial charge >= 0.3 is 6.09 Å². The summed E-state index contributed by atoms with van der Waals surface area (Å²) in [4.78, 5) is 16.8.